The molecule has 2 N–H and O–H groups in total. The Kier molecular flexibility index (Phi) is 5.37. The Morgan fingerprint density at radius 3 is 2.62 bits per heavy atom. The molecule has 5 rings (SSSR count). The van der Waals surface area contributed by atoms with Gasteiger partial charge in [-0.2, -0.15) is 5.10 Å². The van der Waals surface area contributed by atoms with Crippen LogP contribution in [0.4, 0.5) is 0 Å². The lowest BCUT2D eigenvalue weighted by atomic mass is 10.1. The summed E-state index contributed by atoms with van der Waals surface area (Å²) in [5.41, 5.74) is 7.76. The van der Waals surface area contributed by atoms with E-state index in [1.165, 1.54) is 6.07 Å². The second-order valence-corrected chi connectivity index (χ2v) is 8.12. The largest absolute Gasteiger partial charge is 0.486 e. The second-order valence-electron chi connectivity index (χ2n) is 8.12. The molecule has 0 spiro atoms. The lowest BCUT2D eigenvalue weighted by Crippen LogP contribution is -2.15. The van der Waals surface area contributed by atoms with Crippen LogP contribution in [0.5, 0.6) is 17.2 Å². The molecule has 9 heteroatoms. The summed E-state index contributed by atoms with van der Waals surface area (Å²) in [5.74, 6) is 0.287. The number of primary amides is 1. The van der Waals surface area contributed by atoms with Crippen molar-refractivity contribution in [3.05, 3.63) is 65.9 Å². The molecule has 0 saturated carbocycles. The fourth-order valence-corrected chi connectivity index (χ4v) is 3.79. The summed E-state index contributed by atoms with van der Waals surface area (Å²) in [6.07, 6.45) is 1.60. The van der Waals surface area contributed by atoms with Gasteiger partial charge < -0.3 is 19.9 Å². The van der Waals surface area contributed by atoms with Crippen molar-refractivity contribution < 1.29 is 23.8 Å². The molecule has 34 heavy (non-hydrogen) atoms. The molecule has 0 unspecified atom stereocenters. The third-order valence-electron chi connectivity index (χ3n) is 5.44. The van der Waals surface area contributed by atoms with Gasteiger partial charge in [-0.1, -0.05) is 6.07 Å². The highest BCUT2D eigenvalue weighted by Crippen LogP contribution is 2.35. The molecule has 172 valence electrons. The molecule has 9 nitrogen and oxygen atoms in total. The Morgan fingerprint density at radius 2 is 1.85 bits per heavy atom. The zero-order valence-corrected chi connectivity index (χ0v) is 18.6. The molecule has 1 amide bonds. The van der Waals surface area contributed by atoms with E-state index >= 15 is 0 Å². The number of esters is 1. The van der Waals surface area contributed by atoms with Crippen LogP contribution in [0.25, 0.3) is 22.3 Å². The fraction of sp³-hybridized carbons (Fsp3) is 0.200. The summed E-state index contributed by atoms with van der Waals surface area (Å²) in [7, 11) is 0. The van der Waals surface area contributed by atoms with Crippen molar-refractivity contribution in [1.29, 1.82) is 0 Å². The molecule has 4 aromatic rings. The van der Waals surface area contributed by atoms with E-state index in [1.54, 1.807) is 35.1 Å². The molecule has 1 aliphatic heterocycles. The SMILES string of the molecule is CC(C)n1ncc2c(C(=O)Oc3cccc(C(N)=O)c3)cc(-c3ccc4c(c3)OCCO4)nc21. The molecule has 0 radical (unpaired) electrons. The first-order chi connectivity index (χ1) is 16.4. The number of amides is 1. The zero-order valence-electron chi connectivity index (χ0n) is 18.6. The number of pyridine rings is 1. The van der Waals surface area contributed by atoms with Gasteiger partial charge in [0.1, 0.15) is 19.0 Å². The van der Waals surface area contributed by atoms with E-state index in [1.807, 2.05) is 32.0 Å². The molecule has 0 aliphatic carbocycles. The van der Waals surface area contributed by atoms with Crippen LogP contribution in [-0.4, -0.2) is 39.9 Å². The number of hydrogen-bond acceptors (Lipinski definition) is 7. The molecule has 2 aromatic heterocycles. The highest BCUT2D eigenvalue weighted by molar-refractivity contribution is 6.04. The first-order valence-electron chi connectivity index (χ1n) is 10.8. The standard InChI is InChI=1S/C25H22N4O5/c1-14(2)29-24-19(13-27-29)18(25(31)34-17-5-3-4-16(10-17)23(26)30)12-20(28-24)15-6-7-21-22(11-15)33-9-8-32-21/h3-7,10-14H,8-9H2,1-2H3,(H2,26,30). The summed E-state index contributed by atoms with van der Waals surface area (Å²) < 4.78 is 18.7. The van der Waals surface area contributed by atoms with Gasteiger partial charge in [0, 0.05) is 17.2 Å². The molecule has 3 heterocycles. The lowest BCUT2D eigenvalue weighted by molar-refractivity contribution is 0.0735. The normalized spacial score (nSPS) is 12.7. The monoisotopic (exact) mass is 458 g/mol. The predicted octanol–water partition coefficient (Wildman–Crippen LogP) is 3.77. The highest BCUT2D eigenvalue weighted by atomic mass is 16.6. The van der Waals surface area contributed by atoms with E-state index in [0.717, 1.165) is 5.56 Å². The number of fused-ring (bicyclic) bond motifs is 2. The Morgan fingerprint density at radius 1 is 1.06 bits per heavy atom. The Hall–Kier alpha value is -4.40. The number of carbonyl (C=O) groups excluding carboxylic acids is 2. The van der Waals surface area contributed by atoms with E-state index < -0.39 is 11.9 Å². The Bertz CT molecular complexity index is 1430. The van der Waals surface area contributed by atoms with E-state index in [0.29, 0.717) is 47.0 Å². The third kappa shape index (κ3) is 3.92. The van der Waals surface area contributed by atoms with Gasteiger partial charge in [-0.05, 0) is 56.3 Å². The maximum absolute atomic E-state index is 13.3. The topological polar surface area (TPSA) is 119 Å². The molecule has 0 bridgehead atoms. The number of nitrogens with two attached hydrogens (primary N) is 1. The Labute approximate surface area is 195 Å². The average molecular weight is 458 g/mol. The number of aromatic nitrogens is 3. The molecular formula is C25H22N4O5. The number of nitrogens with zero attached hydrogens (tertiary/aromatic N) is 3. The van der Waals surface area contributed by atoms with Gasteiger partial charge in [0.2, 0.25) is 5.91 Å². The van der Waals surface area contributed by atoms with Gasteiger partial charge in [-0.25, -0.2) is 14.5 Å². The maximum Gasteiger partial charge on any atom is 0.344 e. The molecule has 0 atom stereocenters. The summed E-state index contributed by atoms with van der Waals surface area (Å²) in [4.78, 5) is 29.6. The van der Waals surface area contributed by atoms with Crippen LogP contribution >= 0.6 is 0 Å². The van der Waals surface area contributed by atoms with Crippen LogP contribution in [0.1, 0.15) is 40.6 Å². The summed E-state index contributed by atoms with van der Waals surface area (Å²) in [6, 6.07) is 13.4. The van der Waals surface area contributed by atoms with Crippen LogP contribution in [0.2, 0.25) is 0 Å². The minimum Gasteiger partial charge on any atom is -0.486 e. The third-order valence-corrected chi connectivity index (χ3v) is 5.44. The van der Waals surface area contributed by atoms with Crippen molar-refractivity contribution in [1.82, 2.24) is 14.8 Å². The summed E-state index contributed by atoms with van der Waals surface area (Å²) in [5, 5.41) is 4.99. The van der Waals surface area contributed by atoms with E-state index in [2.05, 4.69) is 5.10 Å². The van der Waals surface area contributed by atoms with Crippen molar-refractivity contribution in [3.63, 3.8) is 0 Å². The molecule has 1 aliphatic rings. The van der Waals surface area contributed by atoms with Crippen LogP contribution in [0.3, 0.4) is 0 Å². The number of benzene rings is 2. The molecule has 0 saturated heterocycles. The minimum absolute atomic E-state index is 0.0247. The number of carbonyl (C=O) groups is 2. The highest BCUT2D eigenvalue weighted by Gasteiger charge is 2.21. The molecule has 0 fully saturated rings. The average Bonchev–Trinajstić information content (AvgIpc) is 3.27. The summed E-state index contributed by atoms with van der Waals surface area (Å²) >= 11 is 0. The van der Waals surface area contributed by atoms with Crippen molar-refractivity contribution in [3.8, 4) is 28.5 Å². The number of rotatable bonds is 5. The van der Waals surface area contributed by atoms with Gasteiger partial charge >= 0.3 is 5.97 Å². The van der Waals surface area contributed by atoms with Crippen LogP contribution in [-0.2, 0) is 0 Å². The predicted molar refractivity (Wildman–Crippen MR) is 124 cm³/mol. The minimum atomic E-state index is -0.608. The van der Waals surface area contributed by atoms with Gasteiger partial charge in [0.15, 0.2) is 17.1 Å². The van der Waals surface area contributed by atoms with Crippen molar-refractivity contribution in [2.45, 2.75) is 19.9 Å². The zero-order chi connectivity index (χ0) is 23.8. The first kappa shape index (κ1) is 21.4. The van der Waals surface area contributed by atoms with E-state index in [9.17, 15) is 9.59 Å². The summed E-state index contributed by atoms with van der Waals surface area (Å²) in [6.45, 7) is 4.93. The Balaban J connectivity index is 1.60. The lowest BCUT2D eigenvalue weighted by Gasteiger charge is -2.19. The van der Waals surface area contributed by atoms with Gasteiger partial charge in [0.25, 0.3) is 0 Å². The van der Waals surface area contributed by atoms with Gasteiger partial charge in [0.05, 0.1) is 22.8 Å². The maximum atomic E-state index is 13.3. The second kappa shape index (κ2) is 8.51. The van der Waals surface area contributed by atoms with Crippen LogP contribution in [0.15, 0.2) is 54.7 Å². The van der Waals surface area contributed by atoms with Gasteiger partial charge in [-0.15, -0.1) is 0 Å². The number of ether oxygens (including phenoxy) is 3. The van der Waals surface area contributed by atoms with Crippen molar-refractivity contribution in [2.24, 2.45) is 5.73 Å². The fourth-order valence-electron chi connectivity index (χ4n) is 3.79. The van der Waals surface area contributed by atoms with Crippen molar-refractivity contribution in [2.75, 3.05) is 13.2 Å². The smallest absolute Gasteiger partial charge is 0.344 e. The van der Waals surface area contributed by atoms with E-state index in [4.69, 9.17) is 24.9 Å². The number of hydrogen-bond donors (Lipinski definition) is 1. The van der Waals surface area contributed by atoms with Gasteiger partial charge in [-0.3, -0.25) is 4.79 Å². The quantitative estimate of drug-likeness (QED) is 0.357. The van der Waals surface area contributed by atoms with Crippen LogP contribution < -0.4 is 19.9 Å². The molecular weight excluding hydrogens is 436 g/mol. The first-order valence-corrected chi connectivity index (χ1v) is 10.8. The molecule has 2 aromatic carbocycles. The van der Waals surface area contributed by atoms with E-state index in [-0.39, 0.29) is 17.4 Å². The van der Waals surface area contributed by atoms with Crippen molar-refractivity contribution >= 4 is 22.9 Å². The van der Waals surface area contributed by atoms with Crippen LogP contribution in [0, 0.1) is 0 Å².